The van der Waals surface area contributed by atoms with E-state index in [-0.39, 0.29) is 5.41 Å². The quantitative estimate of drug-likeness (QED) is 0.180. The van der Waals surface area contributed by atoms with Crippen LogP contribution in [0.15, 0.2) is 168 Å². The first kappa shape index (κ1) is 32.1. The molecule has 0 N–H and O–H groups in total. The van der Waals surface area contributed by atoms with Gasteiger partial charge in [0.2, 0.25) is 5.95 Å². The third kappa shape index (κ3) is 4.23. The molecule has 0 fully saturated rings. The van der Waals surface area contributed by atoms with Crippen molar-refractivity contribution < 1.29 is 4.42 Å². The van der Waals surface area contributed by atoms with E-state index in [0.29, 0.717) is 5.95 Å². The largest absolute Gasteiger partial charge is 0.455 e. The summed E-state index contributed by atoms with van der Waals surface area (Å²) in [4.78, 5) is 11.0. The van der Waals surface area contributed by atoms with Crippen molar-refractivity contribution in [3.05, 3.63) is 175 Å². The van der Waals surface area contributed by atoms with Crippen LogP contribution in [0.25, 0.3) is 114 Å². The topological polar surface area (TPSA) is 43.9 Å². The molecule has 5 heteroatoms. The number of aromatic nitrogens is 3. The number of benzene rings is 8. The molecule has 1 aliphatic rings. The van der Waals surface area contributed by atoms with E-state index in [1.807, 2.05) is 0 Å². The Balaban J connectivity index is 1.10. The van der Waals surface area contributed by atoms with E-state index >= 15 is 0 Å². The Kier molecular flexibility index (Phi) is 6.36. The van der Waals surface area contributed by atoms with Gasteiger partial charge in [0.15, 0.2) is 0 Å². The van der Waals surface area contributed by atoms with Crippen molar-refractivity contribution in [3.8, 4) is 39.5 Å². The molecule has 272 valence electrons. The predicted octanol–water partition coefficient (Wildman–Crippen LogP) is 14.6. The van der Waals surface area contributed by atoms with Crippen LogP contribution < -0.4 is 0 Å². The van der Waals surface area contributed by atoms with Crippen LogP contribution in [0.5, 0.6) is 0 Å². The van der Waals surface area contributed by atoms with Crippen LogP contribution in [-0.2, 0) is 5.41 Å². The molecule has 12 aromatic rings. The highest BCUT2D eigenvalue weighted by atomic mass is 32.1. The van der Waals surface area contributed by atoms with Gasteiger partial charge in [-0.05, 0) is 75.2 Å². The Morgan fingerprint density at radius 2 is 1.21 bits per heavy atom. The highest BCUT2D eigenvalue weighted by Gasteiger charge is 2.35. The first-order valence-corrected chi connectivity index (χ1v) is 20.6. The van der Waals surface area contributed by atoms with Crippen LogP contribution in [0.1, 0.15) is 25.0 Å². The summed E-state index contributed by atoms with van der Waals surface area (Å²) in [5.74, 6) is 0.646. The highest BCUT2D eigenvalue weighted by Crippen LogP contribution is 2.51. The van der Waals surface area contributed by atoms with Gasteiger partial charge in [-0.3, -0.25) is 4.57 Å². The lowest BCUT2D eigenvalue weighted by Crippen LogP contribution is -2.15. The number of hydrogen-bond donors (Lipinski definition) is 0. The number of nitrogens with zero attached hydrogens (tertiary/aromatic N) is 3. The van der Waals surface area contributed by atoms with Crippen molar-refractivity contribution in [3.63, 3.8) is 0 Å². The van der Waals surface area contributed by atoms with Crippen molar-refractivity contribution in [2.45, 2.75) is 19.3 Å². The summed E-state index contributed by atoms with van der Waals surface area (Å²) < 4.78 is 11.6. The molecule has 0 saturated heterocycles. The van der Waals surface area contributed by atoms with Gasteiger partial charge >= 0.3 is 0 Å². The molecule has 0 amide bonds. The van der Waals surface area contributed by atoms with Crippen LogP contribution >= 0.6 is 11.3 Å². The molecule has 0 aliphatic heterocycles. The minimum absolute atomic E-state index is 0.130. The summed E-state index contributed by atoms with van der Waals surface area (Å²) in [5, 5.41) is 7.79. The van der Waals surface area contributed by atoms with Gasteiger partial charge in [0, 0.05) is 42.6 Å². The summed E-state index contributed by atoms with van der Waals surface area (Å²) in [5.41, 5.74) is 14.4. The van der Waals surface area contributed by atoms with E-state index in [1.54, 1.807) is 11.3 Å². The van der Waals surface area contributed by atoms with Crippen molar-refractivity contribution in [1.29, 1.82) is 0 Å². The zero-order valence-corrected chi connectivity index (χ0v) is 32.6. The molecule has 0 radical (unpaired) electrons. The standard InChI is InChI=1S/C53H33N3OS/c1-53(2)41-21-11-8-17-33(41)34-25-24-31(28-42(34)53)47-51-48(38-20-10-13-23-45(38)58-51)55-52(54-47)56-43-22-12-9-19-37(43)46-44(56)27-26-36-40-29-39(30-14-4-3-5-15-30)32-16-6-7-18-35(32)49(40)57-50(36)46/h3-29H,1-2H3. The second-order valence-corrected chi connectivity index (χ2v) is 17.1. The lowest BCUT2D eigenvalue weighted by Gasteiger charge is -2.22. The minimum atomic E-state index is -0.130. The molecule has 0 spiro atoms. The van der Waals surface area contributed by atoms with Crippen LogP contribution in [0.4, 0.5) is 0 Å². The van der Waals surface area contributed by atoms with Crippen LogP contribution in [0.3, 0.4) is 0 Å². The summed E-state index contributed by atoms with van der Waals surface area (Å²) in [6.45, 7) is 4.67. The van der Waals surface area contributed by atoms with E-state index < -0.39 is 0 Å². The summed E-state index contributed by atoms with van der Waals surface area (Å²) in [6.07, 6.45) is 0. The SMILES string of the molecule is CC1(C)c2ccccc2-c2ccc(-c3nc(-n4c5ccccc5c5c6oc7c8ccccc8c(-c8ccccc8)cc7c6ccc54)nc4c3sc3ccccc34)cc21. The number of furan rings is 1. The van der Waals surface area contributed by atoms with E-state index in [0.717, 1.165) is 76.0 Å². The Bertz CT molecular complexity index is 3720. The third-order valence-corrected chi connectivity index (χ3v) is 13.8. The van der Waals surface area contributed by atoms with Crippen LogP contribution in [-0.4, -0.2) is 14.5 Å². The number of thiophene rings is 1. The molecule has 4 nitrogen and oxygen atoms in total. The Labute approximate surface area is 337 Å². The maximum atomic E-state index is 7.07. The molecular weight excluding hydrogens is 727 g/mol. The maximum Gasteiger partial charge on any atom is 0.235 e. The second kappa shape index (κ2) is 11.5. The molecule has 58 heavy (non-hydrogen) atoms. The predicted molar refractivity (Wildman–Crippen MR) is 242 cm³/mol. The fourth-order valence-electron chi connectivity index (χ4n) is 9.91. The number of hydrogen-bond acceptors (Lipinski definition) is 4. The molecule has 0 saturated carbocycles. The average molecular weight is 760 g/mol. The lowest BCUT2D eigenvalue weighted by molar-refractivity contribution is 0.660. The molecule has 8 aromatic carbocycles. The van der Waals surface area contributed by atoms with Gasteiger partial charge in [0.25, 0.3) is 0 Å². The fraction of sp³-hybridized carbons (Fsp3) is 0.0566. The Hall–Kier alpha value is -7.08. The number of rotatable bonds is 3. The maximum absolute atomic E-state index is 7.07. The minimum Gasteiger partial charge on any atom is -0.455 e. The second-order valence-electron chi connectivity index (χ2n) is 16.1. The monoisotopic (exact) mass is 759 g/mol. The van der Waals surface area contributed by atoms with Gasteiger partial charge in [0.05, 0.1) is 32.3 Å². The van der Waals surface area contributed by atoms with Gasteiger partial charge in [-0.25, -0.2) is 9.97 Å². The highest BCUT2D eigenvalue weighted by molar-refractivity contribution is 7.26. The fourth-order valence-corrected chi connectivity index (χ4v) is 11.1. The zero-order valence-electron chi connectivity index (χ0n) is 31.7. The number of fused-ring (bicyclic) bond motifs is 15. The third-order valence-electron chi connectivity index (χ3n) is 12.6. The first-order valence-electron chi connectivity index (χ1n) is 19.8. The molecule has 0 bridgehead atoms. The van der Waals surface area contributed by atoms with Gasteiger partial charge < -0.3 is 4.42 Å². The van der Waals surface area contributed by atoms with Gasteiger partial charge in [-0.2, -0.15) is 0 Å². The molecule has 1 aliphatic carbocycles. The molecule has 0 atom stereocenters. The number of para-hydroxylation sites is 1. The van der Waals surface area contributed by atoms with E-state index in [1.165, 1.54) is 43.5 Å². The summed E-state index contributed by atoms with van der Waals surface area (Å²) >= 11 is 1.77. The van der Waals surface area contributed by atoms with Gasteiger partial charge in [-0.15, -0.1) is 11.3 Å². The molecule has 0 unspecified atom stereocenters. The van der Waals surface area contributed by atoms with Crippen molar-refractivity contribution in [2.24, 2.45) is 0 Å². The lowest BCUT2D eigenvalue weighted by atomic mass is 9.82. The Morgan fingerprint density at radius 1 is 0.500 bits per heavy atom. The van der Waals surface area contributed by atoms with Gasteiger partial charge in [-0.1, -0.05) is 141 Å². The smallest absolute Gasteiger partial charge is 0.235 e. The van der Waals surface area contributed by atoms with E-state index in [4.69, 9.17) is 14.4 Å². The first-order chi connectivity index (χ1) is 28.5. The zero-order chi connectivity index (χ0) is 38.3. The average Bonchev–Trinajstić information content (AvgIpc) is 4.00. The van der Waals surface area contributed by atoms with Crippen LogP contribution in [0, 0.1) is 0 Å². The molecular formula is C53H33N3OS. The van der Waals surface area contributed by atoms with Crippen molar-refractivity contribution in [2.75, 3.05) is 0 Å². The Morgan fingerprint density at radius 3 is 2.09 bits per heavy atom. The summed E-state index contributed by atoms with van der Waals surface area (Å²) in [6, 6.07) is 59.0. The van der Waals surface area contributed by atoms with Crippen molar-refractivity contribution >= 4 is 86.2 Å². The van der Waals surface area contributed by atoms with E-state index in [9.17, 15) is 0 Å². The molecule has 4 heterocycles. The molecule has 13 rings (SSSR count). The van der Waals surface area contributed by atoms with Gasteiger partial charge in [0.1, 0.15) is 11.2 Å². The van der Waals surface area contributed by atoms with Crippen molar-refractivity contribution in [1.82, 2.24) is 14.5 Å². The van der Waals surface area contributed by atoms with Crippen LogP contribution in [0.2, 0.25) is 0 Å². The van der Waals surface area contributed by atoms with E-state index in [2.05, 4.69) is 182 Å². The normalized spacial score (nSPS) is 13.5. The summed E-state index contributed by atoms with van der Waals surface area (Å²) in [7, 11) is 0. The molecule has 4 aromatic heterocycles.